The molecule has 1 fully saturated rings. The van der Waals surface area contributed by atoms with Crippen LogP contribution in [0.15, 0.2) is 72.8 Å². The Labute approximate surface area is 199 Å². The molecule has 1 aliphatic heterocycles. The number of hydrogen-bond donors (Lipinski definition) is 0. The Kier molecular flexibility index (Phi) is 5.11. The molecule has 160 valence electrons. The maximum absolute atomic E-state index is 13.4. The summed E-state index contributed by atoms with van der Waals surface area (Å²) in [5.74, 6) is -1.02. The molecule has 1 aliphatic carbocycles. The molecule has 0 N–H and O–H groups in total. The van der Waals surface area contributed by atoms with Crippen molar-refractivity contribution in [2.75, 3.05) is 17.4 Å². The van der Waals surface area contributed by atoms with Gasteiger partial charge in [-0.15, -0.1) is 0 Å². The number of benzene rings is 3. The second-order valence-electron chi connectivity index (χ2n) is 7.81. The van der Waals surface area contributed by atoms with E-state index in [9.17, 15) is 10.1 Å². The van der Waals surface area contributed by atoms with Gasteiger partial charge in [0.05, 0.1) is 18.8 Å². The highest BCUT2D eigenvalue weighted by atomic mass is 79.9. The predicted molar refractivity (Wildman–Crippen MR) is 127 cm³/mol. The van der Waals surface area contributed by atoms with Crippen LogP contribution in [0.4, 0.5) is 5.69 Å². The summed E-state index contributed by atoms with van der Waals surface area (Å²) in [6, 6.07) is 23.0. The van der Waals surface area contributed by atoms with Crippen molar-refractivity contribution in [1.29, 1.82) is 5.26 Å². The molecule has 32 heavy (non-hydrogen) atoms. The Balaban J connectivity index is 1.92. The minimum Gasteiger partial charge on any atom is -0.469 e. The molecule has 0 saturated carbocycles. The van der Waals surface area contributed by atoms with E-state index < -0.39 is 17.5 Å². The van der Waals surface area contributed by atoms with Crippen molar-refractivity contribution >= 4 is 39.2 Å². The largest absolute Gasteiger partial charge is 0.469 e. The smallest absolute Gasteiger partial charge is 0.314 e. The summed E-state index contributed by atoms with van der Waals surface area (Å²) in [6.45, 7) is 0. The fraction of sp³-hybridized carbons (Fsp3) is 0.200. The number of ether oxygens (including phenoxy) is 1. The Morgan fingerprint density at radius 2 is 1.62 bits per heavy atom. The van der Waals surface area contributed by atoms with Crippen LogP contribution in [0.5, 0.6) is 0 Å². The van der Waals surface area contributed by atoms with E-state index in [1.54, 1.807) is 17.1 Å². The molecular weight excluding hydrogens is 490 g/mol. The third-order valence-corrected chi connectivity index (χ3v) is 7.37. The lowest BCUT2D eigenvalue weighted by Crippen LogP contribution is -2.50. The number of hydrazine groups is 1. The molecule has 1 saturated heterocycles. The molecule has 3 aromatic carbocycles. The fourth-order valence-corrected chi connectivity index (χ4v) is 6.09. The summed E-state index contributed by atoms with van der Waals surface area (Å²) in [7, 11) is 1.40. The molecule has 0 aromatic heterocycles. The van der Waals surface area contributed by atoms with E-state index in [0.717, 1.165) is 27.9 Å². The van der Waals surface area contributed by atoms with E-state index in [4.69, 9.17) is 16.3 Å². The molecule has 5 rings (SSSR count). The minimum absolute atomic E-state index is 0.363. The monoisotopic (exact) mass is 507 g/mol. The number of carbonyl (C=O) groups is 1. The number of esters is 1. The van der Waals surface area contributed by atoms with Crippen LogP contribution >= 0.6 is 27.5 Å². The van der Waals surface area contributed by atoms with Crippen LogP contribution in [0.2, 0.25) is 5.02 Å². The number of fused-ring (bicyclic) bond motifs is 5. The van der Waals surface area contributed by atoms with Gasteiger partial charge >= 0.3 is 5.97 Å². The quantitative estimate of drug-likeness (QED) is 0.272. The van der Waals surface area contributed by atoms with Crippen LogP contribution in [0, 0.1) is 17.4 Å². The molecular formula is C25H19BrClN3O2. The topological polar surface area (TPSA) is 56.6 Å². The Morgan fingerprint density at radius 3 is 2.12 bits per heavy atom. The molecule has 2 unspecified atom stereocenters. The first-order valence-corrected chi connectivity index (χ1v) is 11.7. The lowest BCUT2D eigenvalue weighted by Gasteiger charge is -2.41. The molecule has 0 bridgehead atoms. The zero-order valence-electron chi connectivity index (χ0n) is 17.2. The summed E-state index contributed by atoms with van der Waals surface area (Å²) < 4.78 is 5.34. The van der Waals surface area contributed by atoms with Crippen LogP contribution in [0.3, 0.4) is 0 Å². The summed E-state index contributed by atoms with van der Waals surface area (Å²) in [5, 5.41) is 14.9. The predicted octanol–water partition coefficient (Wildman–Crippen LogP) is 5.33. The highest BCUT2D eigenvalue weighted by molar-refractivity contribution is 9.09. The van der Waals surface area contributed by atoms with E-state index in [0.29, 0.717) is 10.4 Å². The second-order valence-corrected chi connectivity index (χ2v) is 8.90. The van der Waals surface area contributed by atoms with Gasteiger partial charge in [-0.3, -0.25) is 9.80 Å². The lowest BCUT2D eigenvalue weighted by molar-refractivity contribution is -0.147. The standard InChI is InChI=1S/C25H19BrClN3O2/c1-32-24(31)23-22(14-26)29(15-28)30(17-12-10-16(27)11-13-17)25(23)20-8-4-2-6-18(20)19-7-3-5-9-21(19)25/h2-13,22-23H,14H2,1H3. The summed E-state index contributed by atoms with van der Waals surface area (Å²) in [6.07, 6.45) is 2.34. The fourth-order valence-electron chi connectivity index (χ4n) is 5.32. The molecule has 2 atom stereocenters. The number of alkyl halides is 1. The van der Waals surface area contributed by atoms with E-state index >= 15 is 0 Å². The molecule has 0 radical (unpaired) electrons. The maximum atomic E-state index is 13.4. The number of nitrogens with zero attached hydrogens (tertiary/aromatic N) is 3. The van der Waals surface area contributed by atoms with Gasteiger partial charge in [0.15, 0.2) is 6.19 Å². The van der Waals surface area contributed by atoms with Crippen LogP contribution in [-0.2, 0) is 15.1 Å². The molecule has 1 spiro atoms. The second kappa shape index (κ2) is 7.84. The average molecular weight is 509 g/mol. The van der Waals surface area contributed by atoms with Gasteiger partial charge in [-0.1, -0.05) is 76.1 Å². The number of methoxy groups -OCH3 is 1. The maximum Gasteiger partial charge on any atom is 0.314 e. The van der Waals surface area contributed by atoms with E-state index in [-0.39, 0.29) is 5.97 Å². The SMILES string of the molecule is COC(=O)C1C(CBr)N(C#N)N(c2ccc(Cl)cc2)C12c1ccccc1-c1ccccc12. The first kappa shape index (κ1) is 20.9. The number of halogens is 2. The van der Waals surface area contributed by atoms with Gasteiger partial charge < -0.3 is 4.74 Å². The molecule has 7 heteroatoms. The van der Waals surface area contributed by atoms with Gasteiger partial charge in [0.25, 0.3) is 0 Å². The third kappa shape index (κ3) is 2.65. The third-order valence-electron chi connectivity index (χ3n) is 6.45. The van der Waals surface area contributed by atoms with E-state index in [1.165, 1.54) is 7.11 Å². The van der Waals surface area contributed by atoms with Crippen molar-refractivity contribution < 1.29 is 9.53 Å². The van der Waals surface area contributed by atoms with Crippen molar-refractivity contribution in [2.45, 2.75) is 11.6 Å². The number of anilines is 1. The van der Waals surface area contributed by atoms with Gasteiger partial charge in [0.1, 0.15) is 11.5 Å². The van der Waals surface area contributed by atoms with Gasteiger partial charge in [-0.05, 0) is 46.5 Å². The normalized spacial score (nSPS) is 20.1. The van der Waals surface area contributed by atoms with Gasteiger partial charge in [0, 0.05) is 10.4 Å². The van der Waals surface area contributed by atoms with Gasteiger partial charge in [0.2, 0.25) is 0 Å². The summed E-state index contributed by atoms with van der Waals surface area (Å²) >= 11 is 9.75. The summed E-state index contributed by atoms with van der Waals surface area (Å²) in [5.41, 5.74) is 3.83. The van der Waals surface area contributed by atoms with Crippen molar-refractivity contribution in [3.63, 3.8) is 0 Å². The first-order chi connectivity index (χ1) is 15.6. The Hall–Kier alpha value is -3.01. The van der Waals surface area contributed by atoms with Crippen molar-refractivity contribution in [1.82, 2.24) is 5.01 Å². The van der Waals surface area contributed by atoms with Gasteiger partial charge in [-0.25, -0.2) is 5.01 Å². The molecule has 1 heterocycles. The lowest BCUT2D eigenvalue weighted by atomic mass is 9.74. The van der Waals surface area contributed by atoms with E-state index in [1.807, 2.05) is 53.5 Å². The highest BCUT2D eigenvalue weighted by Crippen LogP contribution is 2.60. The Morgan fingerprint density at radius 1 is 1.06 bits per heavy atom. The zero-order chi connectivity index (χ0) is 22.5. The number of hydrogen-bond acceptors (Lipinski definition) is 5. The van der Waals surface area contributed by atoms with Crippen molar-refractivity contribution in [3.8, 4) is 17.3 Å². The van der Waals surface area contributed by atoms with Gasteiger partial charge in [-0.2, -0.15) is 5.26 Å². The van der Waals surface area contributed by atoms with E-state index in [2.05, 4.69) is 34.3 Å². The van der Waals surface area contributed by atoms with Crippen LogP contribution < -0.4 is 5.01 Å². The van der Waals surface area contributed by atoms with Crippen LogP contribution in [0.25, 0.3) is 11.1 Å². The van der Waals surface area contributed by atoms with Crippen molar-refractivity contribution in [3.05, 3.63) is 88.9 Å². The van der Waals surface area contributed by atoms with Crippen LogP contribution in [0.1, 0.15) is 11.1 Å². The van der Waals surface area contributed by atoms with Crippen LogP contribution in [-0.4, -0.2) is 29.5 Å². The number of carbonyl (C=O) groups excluding carboxylic acids is 1. The van der Waals surface area contributed by atoms with Crippen molar-refractivity contribution in [2.24, 2.45) is 5.92 Å². The highest BCUT2D eigenvalue weighted by Gasteiger charge is 2.66. The summed E-state index contributed by atoms with van der Waals surface area (Å²) in [4.78, 5) is 13.4. The number of nitriles is 1. The zero-order valence-corrected chi connectivity index (χ0v) is 19.5. The minimum atomic E-state index is -0.956. The Bertz CT molecular complexity index is 1190. The average Bonchev–Trinajstić information content (AvgIpc) is 3.30. The molecule has 2 aliphatic rings. The molecule has 3 aromatic rings. The first-order valence-electron chi connectivity index (χ1n) is 10.2. The molecule has 5 nitrogen and oxygen atoms in total. The molecule has 0 amide bonds. The number of rotatable bonds is 3.